The molecule has 0 aliphatic carbocycles. The lowest BCUT2D eigenvalue weighted by molar-refractivity contribution is -0.118. The second-order valence-electron chi connectivity index (χ2n) is 3.59. The van der Waals surface area contributed by atoms with Gasteiger partial charge in [0.15, 0.2) is 0 Å². The van der Waals surface area contributed by atoms with Gasteiger partial charge in [-0.2, -0.15) is 0 Å². The van der Waals surface area contributed by atoms with E-state index in [-0.39, 0.29) is 5.91 Å². The molecule has 0 aromatic rings. The van der Waals surface area contributed by atoms with Gasteiger partial charge < -0.3 is 10.2 Å². The molecule has 1 rings (SSSR count). The first-order valence-corrected chi connectivity index (χ1v) is 6.02. The van der Waals surface area contributed by atoms with Crippen LogP contribution in [-0.2, 0) is 4.79 Å². The Balaban J connectivity index is 1.99. The molecule has 1 fully saturated rings. The van der Waals surface area contributed by atoms with Crippen LogP contribution in [0.2, 0.25) is 0 Å². The first-order chi connectivity index (χ1) is 6.68. The highest BCUT2D eigenvalue weighted by Crippen LogP contribution is 2.06. The summed E-state index contributed by atoms with van der Waals surface area (Å²) in [6.07, 6.45) is 1.06. The number of hydrogen-bond acceptors (Lipinski definition) is 3. The summed E-state index contributed by atoms with van der Waals surface area (Å²) in [7, 11) is 0. The van der Waals surface area contributed by atoms with Crippen molar-refractivity contribution >= 4 is 28.8 Å². The fraction of sp³-hybridized carbons (Fsp3) is 0.889. The highest BCUT2D eigenvalue weighted by molar-refractivity contribution is 14.1. The van der Waals surface area contributed by atoms with Crippen molar-refractivity contribution in [1.29, 1.82) is 0 Å². The van der Waals surface area contributed by atoms with E-state index in [1.54, 1.807) is 6.92 Å². The van der Waals surface area contributed by atoms with Gasteiger partial charge in [0.2, 0.25) is 5.91 Å². The zero-order chi connectivity index (χ0) is 10.4. The number of nitrogens with one attached hydrogen (secondary N) is 1. The molecule has 14 heavy (non-hydrogen) atoms. The molecular weight excluding hydrogens is 293 g/mol. The predicted molar refractivity (Wildman–Crippen MR) is 65.3 cm³/mol. The Labute approximate surface area is 99.5 Å². The van der Waals surface area contributed by atoms with Crippen LogP contribution in [0.3, 0.4) is 0 Å². The van der Waals surface area contributed by atoms with Crippen molar-refractivity contribution in [2.45, 2.75) is 13.3 Å². The van der Waals surface area contributed by atoms with Crippen molar-refractivity contribution in [3.8, 4) is 0 Å². The molecule has 1 amide bonds. The lowest BCUT2D eigenvalue weighted by atomic mass is 10.3. The molecule has 0 bridgehead atoms. The standard InChI is InChI=1S/C9H18IN3O/c1-9(14)11-3-2-4-12-5-7-13(10)8-6-12/h2-8H2,1H3,(H,11,14). The van der Waals surface area contributed by atoms with E-state index >= 15 is 0 Å². The van der Waals surface area contributed by atoms with E-state index in [0.717, 1.165) is 45.7 Å². The van der Waals surface area contributed by atoms with Crippen LogP contribution < -0.4 is 5.32 Å². The van der Waals surface area contributed by atoms with E-state index in [9.17, 15) is 4.79 Å². The van der Waals surface area contributed by atoms with Crippen LogP contribution in [0.25, 0.3) is 0 Å². The van der Waals surface area contributed by atoms with E-state index in [1.165, 1.54) is 0 Å². The number of amides is 1. The van der Waals surface area contributed by atoms with Gasteiger partial charge in [-0.3, -0.25) is 4.79 Å². The molecule has 4 nitrogen and oxygen atoms in total. The molecule has 0 radical (unpaired) electrons. The topological polar surface area (TPSA) is 35.6 Å². The Bertz CT molecular complexity index is 181. The summed E-state index contributed by atoms with van der Waals surface area (Å²) < 4.78 is 2.32. The molecule has 1 aliphatic rings. The lowest BCUT2D eigenvalue weighted by Gasteiger charge is -2.30. The maximum absolute atomic E-state index is 10.6. The van der Waals surface area contributed by atoms with Gasteiger partial charge in [-0.05, 0) is 13.0 Å². The third-order valence-corrected chi connectivity index (χ3v) is 3.31. The van der Waals surface area contributed by atoms with Gasteiger partial charge in [0, 0.05) is 62.5 Å². The molecule has 1 N–H and O–H groups in total. The van der Waals surface area contributed by atoms with Crippen molar-refractivity contribution in [2.24, 2.45) is 0 Å². The molecule has 0 saturated carbocycles. The van der Waals surface area contributed by atoms with Gasteiger partial charge in [0.05, 0.1) is 0 Å². The molecule has 0 aromatic heterocycles. The summed E-state index contributed by atoms with van der Waals surface area (Å²) in [5.41, 5.74) is 0. The minimum absolute atomic E-state index is 0.0714. The maximum Gasteiger partial charge on any atom is 0.216 e. The predicted octanol–water partition coefficient (Wildman–Crippen LogP) is 0.480. The van der Waals surface area contributed by atoms with Crippen LogP contribution in [0, 0.1) is 0 Å². The van der Waals surface area contributed by atoms with Crippen LogP contribution in [-0.4, -0.2) is 53.2 Å². The Morgan fingerprint density at radius 2 is 2.00 bits per heavy atom. The normalized spacial score (nSPS) is 19.6. The van der Waals surface area contributed by atoms with Crippen LogP contribution in [0.15, 0.2) is 0 Å². The fourth-order valence-electron chi connectivity index (χ4n) is 1.51. The first kappa shape index (κ1) is 12.2. The summed E-state index contributed by atoms with van der Waals surface area (Å²) in [6.45, 7) is 8.09. The second-order valence-corrected chi connectivity index (χ2v) is 4.95. The van der Waals surface area contributed by atoms with Crippen LogP contribution in [0.5, 0.6) is 0 Å². The van der Waals surface area contributed by atoms with Crippen molar-refractivity contribution in [3.05, 3.63) is 0 Å². The minimum Gasteiger partial charge on any atom is -0.356 e. The van der Waals surface area contributed by atoms with E-state index in [1.807, 2.05) is 0 Å². The van der Waals surface area contributed by atoms with Crippen LogP contribution >= 0.6 is 22.9 Å². The molecule has 1 saturated heterocycles. The number of nitrogens with zero attached hydrogens (tertiary/aromatic N) is 2. The van der Waals surface area contributed by atoms with E-state index in [2.05, 4.69) is 36.2 Å². The third kappa shape index (κ3) is 5.11. The quantitative estimate of drug-likeness (QED) is 0.466. The van der Waals surface area contributed by atoms with Crippen molar-refractivity contribution in [2.75, 3.05) is 39.3 Å². The molecule has 0 spiro atoms. The van der Waals surface area contributed by atoms with Gasteiger partial charge in [-0.25, -0.2) is 3.11 Å². The summed E-state index contributed by atoms with van der Waals surface area (Å²) in [5.74, 6) is 0.0714. The van der Waals surface area contributed by atoms with Gasteiger partial charge >= 0.3 is 0 Å². The van der Waals surface area contributed by atoms with Crippen molar-refractivity contribution in [1.82, 2.24) is 13.3 Å². The van der Waals surface area contributed by atoms with Crippen LogP contribution in [0.1, 0.15) is 13.3 Å². The lowest BCUT2D eigenvalue weighted by Crippen LogP contribution is -2.43. The molecule has 0 aromatic carbocycles. The zero-order valence-corrected chi connectivity index (χ0v) is 10.8. The Kier molecular flexibility index (Phi) is 5.73. The van der Waals surface area contributed by atoms with E-state index < -0.39 is 0 Å². The Morgan fingerprint density at radius 3 is 2.57 bits per heavy atom. The van der Waals surface area contributed by atoms with Gasteiger partial charge in [0.1, 0.15) is 0 Å². The summed E-state index contributed by atoms with van der Waals surface area (Å²) >= 11 is 2.37. The molecule has 0 unspecified atom stereocenters. The summed E-state index contributed by atoms with van der Waals surface area (Å²) in [6, 6.07) is 0. The maximum atomic E-state index is 10.6. The fourth-order valence-corrected chi connectivity index (χ4v) is 1.95. The van der Waals surface area contributed by atoms with Gasteiger partial charge in [-0.1, -0.05) is 0 Å². The first-order valence-electron chi connectivity index (χ1n) is 5.06. The zero-order valence-electron chi connectivity index (χ0n) is 8.63. The van der Waals surface area contributed by atoms with Crippen molar-refractivity contribution in [3.63, 3.8) is 0 Å². The number of rotatable bonds is 4. The van der Waals surface area contributed by atoms with Gasteiger partial charge in [0.25, 0.3) is 0 Å². The molecule has 1 aliphatic heterocycles. The molecular formula is C9H18IN3O. The van der Waals surface area contributed by atoms with Gasteiger partial charge in [-0.15, -0.1) is 0 Å². The number of piperazine rings is 1. The molecule has 1 heterocycles. The average Bonchev–Trinajstić information content (AvgIpc) is 2.15. The van der Waals surface area contributed by atoms with Crippen LogP contribution in [0.4, 0.5) is 0 Å². The number of halogens is 1. The largest absolute Gasteiger partial charge is 0.356 e. The highest BCUT2D eigenvalue weighted by Gasteiger charge is 2.13. The number of carbonyl (C=O) groups excluding carboxylic acids is 1. The highest BCUT2D eigenvalue weighted by atomic mass is 127. The molecule has 0 atom stereocenters. The van der Waals surface area contributed by atoms with E-state index in [4.69, 9.17) is 0 Å². The number of carbonyl (C=O) groups is 1. The number of hydrogen-bond donors (Lipinski definition) is 1. The molecule has 82 valence electrons. The summed E-state index contributed by atoms with van der Waals surface area (Å²) in [5, 5.41) is 2.82. The Hall–Kier alpha value is 0.120. The second kappa shape index (κ2) is 6.58. The van der Waals surface area contributed by atoms with Crippen molar-refractivity contribution < 1.29 is 4.79 Å². The SMILES string of the molecule is CC(=O)NCCCN1CCN(I)CC1. The monoisotopic (exact) mass is 311 g/mol. The minimum atomic E-state index is 0.0714. The average molecular weight is 311 g/mol. The smallest absolute Gasteiger partial charge is 0.216 e. The van der Waals surface area contributed by atoms with E-state index in [0.29, 0.717) is 0 Å². The summed E-state index contributed by atoms with van der Waals surface area (Å²) in [4.78, 5) is 13.1. The molecule has 5 heteroatoms. The Morgan fingerprint density at radius 1 is 1.36 bits per heavy atom. The third-order valence-electron chi connectivity index (χ3n) is 2.34.